The van der Waals surface area contributed by atoms with Gasteiger partial charge in [0.1, 0.15) is 0 Å². The van der Waals surface area contributed by atoms with Gasteiger partial charge in [0.2, 0.25) is 10.0 Å². The minimum atomic E-state index is -3.12. The van der Waals surface area contributed by atoms with E-state index >= 15 is 0 Å². The first-order valence-corrected chi connectivity index (χ1v) is 10.2. The van der Waals surface area contributed by atoms with E-state index in [0.29, 0.717) is 43.5 Å². The van der Waals surface area contributed by atoms with Crippen molar-refractivity contribution < 1.29 is 17.9 Å². The third kappa shape index (κ3) is 7.92. The average molecular weight is 387 g/mol. The molecule has 0 atom stereocenters. The highest BCUT2D eigenvalue weighted by molar-refractivity contribution is 7.89. The van der Waals surface area contributed by atoms with Crippen molar-refractivity contribution in [1.82, 2.24) is 15.4 Å². The van der Waals surface area contributed by atoms with Crippen LogP contribution in [0.1, 0.15) is 18.9 Å². The molecule has 0 saturated carbocycles. The summed E-state index contributed by atoms with van der Waals surface area (Å²) in [6.07, 6.45) is 1.48. The molecule has 0 aliphatic heterocycles. The summed E-state index contributed by atoms with van der Waals surface area (Å²) in [4.78, 5) is 4.15. The molecule has 26 heavy (non-hydrogen) atoms. The maximum atomic E-state index is 11.3. The molecule has 0 aliphatic rings. The quantitative estimate of drug-likeness (QED) is 0.295. The Morgan fingerprint density at radius 1 is 1.08 bits per heavy atom. The van der Waals surface area contributed by atoms with Gasteiger partial charge in [-0.1, -0.05) is 6.07 Å². The number of guanidine groups is 1. The van der Waals surface area contributed by atoms with E-state index in [1.165, 1.54) is 0 Å². The number of hydrogen-bond donors (Lipinski definition) is 3. The van der Waals surface area contributed by atoms with Crippen LogP contribution in [0.25, 0.3) is 0 Å². The van der Waals surface area contributed by atoms with E-state index in [1.807, 2.05) is 18.2 Å². The topological polar surface area (TPSA) is 101 Å². The van der Waals surface area contributed by atoms with Crippen LogP contribution in [0.4, 0.5) is 0 Å². The van der Waals surface area contributed by atoms with E-state index in [0.717, 1.165) is 12.0 Å². The minimum Gasteiger partial charge on any atom is -0.493 e. The van der Waals surface area contributed by atoms with E-state index in [4.69, 9.17) is 9.47 Å². The fourth-order valence-corrected chi connectivity index (χ4v) is 2.87. The molecule has 1 aromatic rings. The zero-order valence-electron chi connectivity index (χ0n) is 16.0. The molecule has 9 heteroatoms. The number of rotatable bonds is 11. The highest BCUT2D eigenvalue weighted by atomic mass is 32.2. The molecule has 0 amide bonds. The largest absolute Gasteiger partial charge is 0.493 e. The maximum absolute atomic E-state index is 11.3. The molecular formula is C17H30N4O4S. The van der Waals surface area contributed by atoms with Gasteiger partial charge in [0.15, 0.2) is 17.5 Å². The van der Waals surface area contributed by atoms with Crippen molar-refractivity contribution in [2.24, 2.45) is 4.99 Å². The molecular weight excluding hydrogens is 356 g/mol. The smallest absolute Gasteiger partial charge is 0.211 e. The second-order valence-electron chi connectivity index (χ2n) is 5.52. The van der Waals surface area contributed by atoms with E-state index in [9.17, 15) is 8.42 Å². The number of methoxy groups -OCH3 is 2. The highest BCUT2D eigenvalue weighted by Gasteiger charge is 2.06. The lowest BCUT2D eigenvalue weighted by atomic mass is 10.1. The fraction of sp³-hybridized carbons (Fsp3) is 0.588. The molecule has 0 heterocycles. The van der Waals surface area contributed by atoms with Gasteiger partial charge in [-0.05, 0) is 37.5 Å². The van der Waals surface area contributed by atoms with Gasteiger partial charge in [-0.2, -0.15) is 0 Å². The van der Waals surface area contributed by atoms with Crippen LogP contribution in [-0.2, 0) is 16.4 Å². The molecule has 0 spiro atoms. The van der Waals surface area contributed by atoms with Gasteiger partial charge in [0, 0.05) is 26.7 Å². The molecule has 0 aliphatic carbocycles. The van der Waals surface area contributed by atoms with E-state index < -0.39 is 10.0 Å². The Hall–Kier alpha value is -2.00. The Labute approximate surface area is 156 Å². The number of hydrogen-bond acceptors (Lipinski definition) is 5. The van der Waals surface area contributed by atoms with Gasteiger partial charge in [0.25, 0.3) is 0 Å². The molecule has 0 bridgehead atoms. The zero-order valence-corrected chi connectivity index (χ0v) is 16.8. The molecule has 1 rings (SSSR count). The summed E-state index contributed by atoms with van der Waals surface area (Å²) in [5, 5.41) is 6.39. The molecule has 0 aromatic heterocycles. The standard InChI is InChI=1S/C17H30N4O4S/c1-5-26(22,23)21-11-6-10-19-17(18-2)20-12-9-14-7-8-15(24-3)16(13-14)25-4/h7-8,13,21H,5-6,9-12H2,1-4H3,(H2,18,19,20). The number of nitrogens with zero attached hydrogens (tertiary/aromatic N) is 1. The summed E-state index contributed by atoms with van der Waals surface area (Å²) < 4.78 is 35.7. The lowest BCUT2D eigenvalue weighted by Gasteiger charge is -2.13. The molecule has 0 unspecified atom stereocenters. The number of sulfonamides is 1. The second kappa shape index (κ2) is 11.6. The van der Waals surface area contributed by atoms with Crippen molar-refractivity contribution in [2.75, 3.05) is 46.7 Å². The number of aliphatic imine (C=N–C) groups is 1. The average Bonchev–Trinajstić information content (AvgIpc) is 2.66. The first kappa shape index (κ1) is 22.0. The summed E-state index contributed by atoms with van der Waals surface area (Å²) in [5.74, 6) is 2.20. The summed E-state index contributed by atoms with van der Waals surface area (Å²) in [5.41, 5.74) is 1.12. The van der Waals surface area contributed by atoms with Gasteiger partial charge in [-0.25, -0.2) is 13.1 Å². The summed E-state index contributed by atoms with van der Waals surface area (Å²) >= 11 is 0. The van der Waals surface area contributed by atoms with Crippen molar-refractivity contribution in [1.29, 1.82) is 0 Å². The van der Waals surface area contributed by atoms with Crippen molar-refractivity contribution >= 4 is 16.0 Å². The van der Waals surface area contributed by atoms with Crippen molar-refractivity contribution in [3.8, 4) is 11.5 Å². The van der Waals surface area contributed by atoms with Gasteiger partial charge in [-0.15, -0.1) is 0 Å². The molecule has 3 N–H and O–H groups in total. The van der Waals surface area contributed by atoms with Gasteiger partial charge < -0.3 is 20.1 Å². The van der Waals surface area contributed by atoms with Crippen molar-refractivity contribution in [3.05, 3.63) is 23.8 Å². The molecule has 0 fully saturated rings. The van der Waals surface area contributed by atoms with Crippen molar-refractivity contribution in [2.45, 2.75) is 19.8 Å². The lowest BCUT2D eigenvalue weighted by molar-refractivity contribution is 0.354. The van der Waals surface area contributed by atoms with E-state index in [1.54, 1.807) is 28.2 Å². The fourth-order valence-electron chi connectivity index (χ4n) is 2.21. The first-order valence-electron chi connectivity index (χ1n) is 8.58. The van der Waals surface area contributed by atoms with Crippen LogP contribution < -0.4 is 24.8 Å². The van der Waals surface area contributed by atoms with Crippen LogP contribution in [0.5, 0.6) is 11.5 Å². The van der Waals surface area contributed by atoms with Gasteiger partial charge >= 0.3 is 0 Å². The lowest BCUT2D eigenvalue weighted by Crippen LogP contribution is -2.39. The molecule has 8 nitrogen and oxygen atoms in total. The Morgan fingerprint density at radius 2 is 1.77 bits per heavy atom. The Kier molecular flexibility index (Phi) is 9.82. The normalized spacial score (nSPS) is 11.9. The number of nitrogens with one attached hydrogen (secondary N) is 3. The highest BCUT2D eigenvalue weighted by Crippen LogP contribution is 2.27. The van der Waals surface area contributed by atoms with E-state index in [2.05, 4.69) is 20.3 Å². The Bertz CT molecular complexity index is 677. The zero-order chi connectivity index (χ0) is 19.4. The predicted octanol–water partition coefficient (Wildman–Crippen LogP) is 0.741. The second-order valence-corrected chi connectivity index (χ2v) is 7.61. The Morgan fingerprint density at radius 3 is 2.38 bits per heavy atom. The first-order chi connectivity index (χ1) is 12.5. The minimum absolute atomic E-state index is 0.0970. The summed E-state index contributed by atoms with van der Waals surface area (Å²) in [7, 11) is 1.81. The summed E-state index contributed by atoms with van der Waals surface area (Å²) in [6, 6.07) is 5.84. The van der Waals surface area contributed by atoms with Crippen LogP contribution in [0.15, 0.2) is 23.2 Å². The molecule has 1 aromatic carbocycles. The third-order valence-corrected chi connectivity index (χ3v) is 5.13. The van der Waals surface area contributed by atoms with Crippen LogP contribution in [-0.4, -0.2) is 61.0 Å². The van der Waals surface area contributed by atoms with Gasteiger partial charge in [0.05, 0.1) is 20.0 Å². The van der Waals surface area contributed by atoms with E-state index in [-0.39, 0.29) is 5.75 Å². The molecule has 0 saturated heterocycles. The van der Waals surface area contributed by atoms with Gasteiger partial charge in [-0.3, -0.25) is 4.99 Å². The monoisotopic (exact) mass is 386 g/mol. The predicted molar refractivity (Wildman–Crippen MR) is 105 cm³/mol. The SMILES string of the molecule is CCS(=O)(=O)NCCCNC(=NC)NCCc1ccc(OC)c(OC)c1. The Balaban J connectivity index is 2.32. The number of benzene rings is 1. The van der Waals surface area contributed by atoms with Crippen molar-refractivity contribution in [3.63, 3.8) is 0 Å². The summed E-state index contributed by atoms with van der Waals surface area (Å²) in [6.45, 7) is 3.36. The maximum Gasteiger partial charge on any atom is 0.211 e. The molecule has 0 radical (unpaired) electrons. The van der Waals surface area contributed by atoms with Crippen LogP contribution in [0.2, 0.25) is 0 Å². The molecule has 148 valence electrons. The third-order valence-electron chi connectivity index (χ3n) is 3.73. The van der Waals surface area contributed by atoms with Crippen LogP contribution in [0, 0.1) is 0 Å². The van der Waals surface area contributed by atoms with Crippen LogP contribution >= 0.6 is 0 Å². The number of ether oxygens (including phenoxy) is 2. The van der Waals surface area contributed by atoms with Crippen LogP contribution in [0.3, 0.4) is 0 Å².